The Balaban J connectivity index is 1.56. The van der Waals surface area contributed by atoms with Crippen LogP contribution in [0.2, 0.25) is 0 Å². The van der Waals surface area contributed by atoms with Gasteiger partial charge in [-0.15, -0.1) is 11.3 Å². The van der Waals surface area contributed by atoms with E-state index in [9.17, 15) is 13.2 Å². The number of nitrogens with one attached hydrogen (secondary N) is 1. The van der Waals surface area contributed by atoms with Crippen molar-refractivity contribution in [3.8, 4) is 0 Å². The van der Waals surface area contributed by atoms with Crippen molar-refractivity contribution < 1.29 is 17.9 Å². The van der Waals surface area contributed by atoms with Crippen molar-refractivity contribution >= 4 is 43.0 Å². The van der Waals surface area contributed by atoms with E-state index in [1.54, 1.807) is 6.07 Å². The molecule has 0 aliphatic carbocycles. The van der Waals surface area contributed by atoms with Crippen molar-refractivity contribution in [1.29, 1.82) is 0 Å². The molecule has 1 aliphatic heterocycles. The molecule has 1 N–H and O–H groups in total. The van der Waals surface area contributed by atoms with Gasteiger partial charge in [0.1, 0.15) is 0 Å². The zero-order valence-corrected chi connectivity index (χ0v) is 19.3. The number of hydrogen-bond donors (Lipinski definition) is 1. The fourth-order valence-electron chi connectivity index (χ4n) is 3.66. The van der Waals surface area contributed by atoms with Crippen LogP contribution in [0.1, 0.15) is 33.6 Å². The van der Waals surface area contributed by atoms with Gasteiger partial charge < -0.3 is 10.1 Å². The maximum Gasteiger partial charge on any atom is 0.261 e. The molecule has 164 valence electrons. The van der Waals surface area contributed by atoms with Crippen LogP contribution in [0.5, 0.6) is 0 Å². The van der Waals surface area contributed by atoms with Crippen LogP contribution in [0.4, 0.5) is 5.69 Å². The summed E-state index contributed by atoms with van der Waals surface area (Å²) in [6.07, 6.45) is 3.31. The highest BCUT2D eigenvalue weighted by Crippen LogP contribution is 2.31. The number of thiophene rings is 1. The topological polar surface area (TPSA) is 75.7 Å². The Morgan fingerprint density at radius 2 is 1.97 bits per heavy atom. The molecule has 0 unspecified atom stereocenters. The highest BCUT2D eigenvalue weighted by atomic mass is 32.2. The average Bonchev–Trinajstić information content (AvgIpc) is 3.39. The summed E-state index contributed by atoms with van der Waals surface area (Å²) in [5.41, 5.74) is 2.62. The lowest BCUT2D eigenvalue weighted by atomic mass is 10.1. The minimum absolute atomic E-state index is 0.0926. The maximum atomic E-state index is 12.6. The van der Waals surface area contributed by atoms with Crippen molar-refractivity contribution in [3.05, 3.63) is 64.5 Å². The molecule has 0 saturated carbocycles. The van der Waals surface area contributed by atoms with Gasteiger partial charge >= 0.3 is 0 Å². The van der Waals surface area contributed by atoms with Crippen LogP contribution in [0.3, 0.4) is 0 Å². The molecule has 6 nitrogen and oxygen atoms in total. The Hall–Kier alpha value is -2.42. The highest BCUT2D eigenvalue weighted by Gasteiger charge is 2.20. The number of carbonyl (C=O) groups is 1. The number of benzene rings is 2. The average molecular weight is 459 g/mol. The molecule has 1 amide bonds. The first-order valence-corrected chi connectivity index (χ1v) is 12.9. The fourth-order valence-corrected chi connectivity index (χ4v) is 5.50. The third-order valence-electron chi connectivity index (χ3n) is 5.37. The van der Waals surface area contributed by atoms with Gasteiger partial charge in [0, 0.05) is 17.9 Å². The lowest BCUT2D eigenvalue weighted by Gasteiger charge is -2.22. The first-order chi connectivity index (χ1) is 14.8. The van der Waals surface area contributed by atoms with E-state index in [4.69, 9.17) is 4.74 Å². The number of sulfonamides is 1. The Morgan fingerprint density at radius 3 is 2.65 bits per heavy atom. The summed E-state index contributed by atoms with van der Waals surface area (Å²) in [4.78, 5) is 13.2. The van der Waals surface area contributed by atoms with E-state index in [1.807, 2.05) is 49.4 Å². The van der Waals surface area contributed by atoms with E-state index in [0.717, 1.165) is 40.7 Å². The monoisotopic (exact) mass is 458 g/mol. The Bertz CT molecular complexity index is 1180. The van der Waals surface area contributed by atoms with Gasteiger partial charge in [-0.1, -0.05) is 29.8 Å². The predicted molar refractivity (Wildman–Crippen MR) is 125 cm³/mol. The van der Waals surface area contributed by atoms with Gasteiger partial charge in [-0.25, -0.2) is 8.42 Å². The van der Waals surface area contributed by atoms with Gasteiger partial charge in [0.2, 0.25) is 10.0 Å². The van der Waals surface area contributed by atoms with Crippen LogP contribution >= 0.6 is 11.3 Å². The molecule has 0 bridgehead atoms. The second kappa shape index (κ2) is 8.98. The van der Waals surface area contributed by atoms with Crippen molar-refractivity contribution in [2.24, 2.45) is 0 Å². The number of aryl methyl sites for hydroxylation is 1. The van der Waals surface area contributed by atoms with E-state index in [-0.39, 0.29) is 18.6 Å². The van der Waals surface area contributed by atoms with E-state index in [2.05, 4.69) is 5.32 Å². The van der Waals surface area contributed by atoms with Gasteiger partial charge in [0.25, 0.3) is 5.91 Å². The Morgan fingerprint density at radius 1 is 1.19 bits per heavy atom. The van der Waals surface area contributed by atoms with Gasteiger partial charge in [-0.2, -0.15) is 0 Å². The van der Waals surface area contributed by atoms with Crippen molar-refractivity contribution in [1.82, 2.24) is 5.32 Å². The molecule has 2 aromatic carbocycles. The van der Waals surface area contributed by atoms with Crippen LogP contribution in [0.15, 0.2) is 48.5 Å². The number of hydrogen-bond acceptors (Lipinski definition) is 5. The summed E-state index contributed by atoms with van der Waals surface area (Å²) in [5, 5.41) is 3.79. The normalized spacial score (nSPS) is 16.5. The van der Waals surface area contributed by atoms with Gasteiger partial charge in [-0.3, -0.25) is 9.10 Å². The smallest absolute Gasteiger partial charge is 0.261 e. The largest absolute Gasteiger partial charge is 0.376 e. The molecule has 8 heteroatoms. The lowest BCUT2D eigenvalue weighted by molar-refractivity contribution is 0.0861. The SMILES string of the molecule is Cc1ccc(CN(c2ccc3sc(C(=O)NC[C@H]4CCCO4)cc3c2)S(C)(=O)=O)cc1. The number of rotatable bonds is 7. The Kier molecular flexibility index (Phi) is 6.31. The molecule has 1 aromatic heterocycles. The third-order valence-corrected chi connectivity index (χ3v) is 7.63. The number of ether oxygens (including phenoxy) is 1. The third kappa shape index (κ3) is 5.26. The van der Waals surface area contributed by atoms with Crippen molar-refractivity contribution in [3.63, 3.8) is 0 Å². The second-order valence-corrected chi connectivity index (χ2v) is 10.9. The molecule has 3 aromatic rings. The highest BCUT2D eigenvalue weighted by molar-refractivity contribution is 7.92. The zero-order valence-electron chi connectivity index (χ0n) is 17.6. The molecule has 0 spiro atoms. The Labute approximate surface area is 186 Å². The predicted octanol–water partition coefficient (Wildman–Crippen LogP) is 4.08. The number of amides is 1. The van der Waals surface area contributed by atoms with Crippen molar-refractivity contribution in [2.45, 2.75) is 32.4 Å². The lowest BCUT2D eigenvalue weighted by Crippen LogP contribution is -2.31. The molecular formula is C23H26N2O4S2. The molecule has 1 fully saturated rings. The van der Waals surface area contributed by atoms with Crippen LogP contribution in [0.25, 0.3) is 10.1 Å². The fraction of sp³-hybridized carbons (Fsp3) is 0.348. The van der Waals surface area contributed by atoms with Crippen molar-refractivity contribution in [2.75, 3.05) is 23.7 Å². The minimum atomic E-state index is -3.48. The molecule has 0 radical (unpaired) electrons. The summed E-state index contributed by atoms with van der Waals surface area (Å²) in [6, 6.07) is 15.1. The van der Waals surface area contributed by atoms with Crippen LogP contribution in [-0.2, 0) is 21.3 Å². The van der Waals surface area contributed by atoms with Crippen LogP contribution < -0.4 is 9.62 Å². The van der Waals surface area contributed by atoms with Gasteiger partial charge in [-0.05, 0) is 55.0 Å². The first kappa shape index (κ1) is 21.8. The summed E-state index contributed by atoms with van der Waals surface area (Å²) in [7, 11) is -3.48. The summed E-state index contributed by atoms with van der Waals surface area (Å²) >= 11 is 1.40. The summed E-state index contributed by atoms with van der Waals surface area (Å²) in [6.45, 7) is 3.52. The quantitative estimate of drug-likeness (QED) is 0.579. The number of nitrogens with zero attached hydrogens (tertiary/aromatic N) is 1. The first-order valence-electron chi connectivity index (χ1n) is 10.3. The van der Waals surface area contributed by atoms with Crippen LogP contribution in [0, 0.1) is 6.92 Å². The van der Waals surface area contributed by atoms with E-state index in [1.165, 1.54) is 21.9 Å². The van der Waals surface area contributed by atoms with E-state index < -0.39 is 10.0 Å². The van der Waals surface area contributed by atoms with Gasteiger partial charge in [0.05, 0.1) is 29.5 Å². The molecule has 2 heterocycles. The van der Waals surface area contributed by atoms with Gasteiger partial charge in [0.15, 0.2) is 0 Å². The van der Waals surface area contributed by atoms with Crippen LogP contribution in [-0.4, -0.2) is 39.8 Å². The second-order valence-electron chi connectivity index (χ2n) is 7.93. The molecule has 4 rings (SSSR count). The maximum absolute atomic E-state index is 12.6. The van der Waals surface area contributed by atoms with E-state index in [0.29, 0.717) is 17.1 Å². The number of anilines is 1. The minimum Gasteiger partial charge on any atom is -0.376 e. The van der Waals surface area contributed by atoms with E-state index >= 15 is 0 Å². The summed E-state index contributed by atoms with van der Waals surface area (Å²) in [5.74, 6) is -0.127. The zero-order chi connectivity index (χ0) is 22.0. The molecule has 1 atom stereocenters. The molecule has 31 heavy (non-hydrogen) atoms. The molecule has 1 aliphatic rings. The summed E-state index contributed by atoms with van der Waals surface area (Å²) < 4.78 is 32.9. The number of fused-ring (bicyclic) bond motifs is 1. The standard InChI is InChI=1S/C23H26N2O4S2/c1-16-5-7-17(8-6-16)15-25(31(2,27)28)19-9-10-21-18(12-19)13-22(30-21)23(26)24-14-20-4-3-11-29-20/h5-10,12-13,20H,3-4,11,14-15H2,1-2H3,(H,24,26)/t20-/m1/s1. The number of carbonyl (C=O) groups excluding carboxylic acids is 1. The molecular weight excluding hydrogens is 432 g/mol. The molecule has 1 saturated heterocycles.